The number of para-hydroxylation sites is 2. The minimum atomic E-state index is -0.494. The molecular weight excluding hydrogens is 526 g/mol. The van der Waals surface area contributed by atoms with Gasteiger partial charge >= 0.3 is 6.09 Å². The number of piperidine rings is 1. The highest BCUT2D eigenvalue weighted by molar-refractivity contribution is 5.76. The molecule has 1 amide bonds. The lowest BCUT2D eigenvalue weighted by atomic mass is 9.89. The lowest BCUT2D eigenvalue weighted by Gasteiger charge is -2.45. The Hall–Kier alpha value is -2.61. The van der Waals surface area contributed by atoms with Gasteiger partial charge in [-0.2, -0.15) is 0 Å². The highest BCUT2D eigenvalue weighted by atomic mass is 16.6. The van der Waals surface area contributed by atoms with Gasteiger partial charge in [0.1, 0.15) is 5.60 Å². The summed E-state index contributed by atoms with van der Waals surface area (Å²) in [5.74, 6) is 1.27. The van der Waals surface area contributed by atoms with E-state index in [1.165, 1.54) is 57.8 Å². The summed E-state index contributed by atoms with van der Waals surface area (Å²) in [7, 11) is 0. The molecule has 5 heterocycles. The number of fused-ring (bicyclic) bond motifs is 4. The fourth-order valence-electron chi connectivity index (χ4n) is 9.08. The van der Waals surface area contributed by atoms with Crippen molar-refractivity contribution < 1.29 is 9.53 Å². The van der Waals surface area contributed by atoms with Gasteiger partial charge in [0.2, 0.25) is 0 Å². The molecule has 1 aromatic carbocycles. The number of hydrogen-bond acceptors (Lipinski definition) is 6. The van der Waals surface area contributed by atoms with Crippen LogP contribution in [-0.4, -0.2) is 75.3 Å². The van der Waals surface area contributed by atoms with Gasteiger partial charge in [-0.25, -0.2) is 9.78 Å². The number of ether oxygens (including phenoxy) is 1. The Bertz CT molecular complexity index is 1330. The van der Waals surface area contributed by atoms with E-state index in [-0.39, 0.29) is 17.7 Å². The molecule has 0 N–H and O–H groups in total. The van der Waals surface area contributed by atoms with Crippen LogP contribution in [0.4, 0.5) is 10.6 Å². The van der Waals surface area contributed by atoms with Crippen molar-refractivity contribution in [1.82, 2.24) is 19.4 Å². The van der Waals surface area contributed by atoms with Crippen LogP contribution in [-0.2, 0) is 4.74 Å². The van der Waals surface area contributed by atoms with Gasteiger partial charge < -0.3 is 19.1 Å². The number of hydrogen-bond donors (Lipinski definition) is 0. The number of carbonyl (C=O) groups excluding carboxylic acids is 1. The fourth-order valence-corrected chi connectivity index (χ4v) is 9.08. The number of aromatic nitrogens is 2. The van der Waals surface area contributed by atoms with Gasteiger partial charge in [-0.1, -0.05) is 44.2 Å². The van der Waals surface area contributed by atoms with Crippen molar-refractivity contribution in [3.05, 3.63) is 34.6 Å². The van der Waals surface area contributed by atoms with E-state index in [1.54, 1.807) is 0 Å². The second-order valence-electron chi connectivity index (χ2n) is 14.9. The van der Waals surface area contributed by atoms with Crippen LogP contribution in [0.1, 0.15) is 97.4 Å². The van der Waals surface area contributed by atoms with Gasteiger partial charge in [-0.3, -0.25) is 9.69 Å². The van der Waals surface area contributed by atoms with E-state index in [0.717, 1.165) is 43.0 Å². The topological polar surface area (TPSA) is 70.9 Å². The number of amides is 1. The highest BCUT2D eigenvalue weighted by Crippen LogP contribution is 2.44. The molecule has 7 rings (SSSR count). The number of carbonyl (C=O) groups is 1. The SMILES string of the molecule is CC(C)(C)OC(=O)N1CC2CN(c3nc4ccccc4n([C@H]4C[C@H]5CC[C@@H](C4)N5C4CCCCCCC4)c3=O)CC2C1. The third-order valence-corrected chi connectivity index (χ3v) is 10.8. The van der Waals surface area contributed by atoms with Crippen molar-refractivity contribution in [3.8, 4) is 0 Å². The van der Waals surface area contributed by atoms with E-state index in [1.807, 2.05) is 37.8 Å². The van der Waals surface area contributed by atoms with Crippen LogP contribution in [0.3, 0.4) is 0 Å². The van der Waals surface area contributed by atoms with Crippen molar-refractivity contribution in [2.75, 3.05) is 31.1 Å². The number of rotatable bonds is 3. The molecule has 0 spiro atoms. The second-order valence-corrected chi connectivity index (χ2v) is 14.9. The van der Waals surface area contributed by atoms with Crippen molar-refractivity contribution in [2.45, 2.75) is 121 Å². The van der Waals surface area contributed by atoms with Crippen LogP contribution in [0.25, 0.3) is 11.0 Å². The van der Waals surface area contributed by atoms with E-state index in [9.17, 15) is 9.59 Å². The van der Waals surface area contributed by atoms with Crippen molar-refractivity contribution >= 4 is 22.9 Å². The maximum Gasteiger partial charge on any atom is 0.410 e. The molecule has 2 aromatic rings. The van der Waals surface area contributed by atoms with Crippen LogP contribution in [0.15, 0.2) is 29.1 Å². The third kappa shape index (κ3) is 5.33. The summed E-state index contributed by atoms with van der Waals surface area (Å²) in [6, 6.07) is 10.4. The lowest BCUT2D eigenvalue weighted by Crippen LogP contribution is -2.50. The summed E-state index contributed by atoms with van der Waals surface area (Å²) in [6.07, 6.45) is 14.1. The van der Waals surface area contributed by atoms with Crippen molar-refractivity contribution in [2.24, 2.45) is 11.8 Å². The molecule has 1 saturated carbocycles. The predicted octanol–water partition coefficient (Wildman–Crippen LogP) is 5.98. The van der Waals surface area contributed by atoms with Crippen LogP contribution >= 0.6 is 0 Å². The van der Waals surface area contributed by atoms with Gasteiger partial charge in [0.05, 0.1) is 11.0 Å². The van der Waals surface area contributed by atoms with Gasteiger partial charge in [0.25, 0.3) is 5.56 Å². The lowest BCUT2D eigenvalue weighted by molar-refractivity contribution is 0.0282. The third-order valence-electron chi connectivity index (χ3n) is 10.8. The summed E-state index contributed by atoms with van der Waals surface area (Å²) in [5.41, 5.74) is 1.47. The molecule has 4 saturated heterocycles. The largest absolute Gasteiger partial charge is 0.444 e. The Kier molecular flexibility index (Phi) is 7.48. The quantitative estimate of drug-likeness (QED) is 0.449. The van der Waals surface area contributed by atoms with Gasteiger partial charge in [-0.15, -0.1) is 0 Å². The zero-order valence-corrected chi connectivity index (χ0v) is 25.8. The molecule has 8 heteroatoms. The molecule has 1 aromatic heterocycles. The van der Waals surface area contributed by atoms with Crippen LogP contribution in [0.5, 0.6) is 0 Å². The Balaban J connectivity index is 1.12. The molecule has 0 radical (unpaired) electrons. The maximum absolute atomic E-state index is 14.4. The van der Waals surface area contributed by atoms with Gasteiger partial charge in [0, 0.05) is 62.2 Å². The van der Waals surface area contributed by atoms with E-state index >= 15 is 0 Å². The Morgan fingerprint density at radius 1 is 0.810 bits per heavy atom. The molecular formula is C34H49N5O3. The summed E-state index contributed by atoms with van der Waals surface area (Å²) < 4.78 is 7.77. The number of benzene rings is 1. The zero-order valence-electron chi connectivity index (χ0n) is 25.8. The Morgan fingerprint density at radius 3 is 2.07 bits per heavy atom. The first kappa shape index (κ1) is 28.2. The van der Waals surface area contributed by atoms with Crippen molar-refractivity contribution in [1.29, 1.82) is 0 Å². The van der Waals surface area contributed by atoms with Crippen LogP contribution in [0, 0.1) is 11.8 Å². The summed E-state index contributed by atoms with van der Waals surface area (Å²) in [4.78, 5) is 39.0. The maximum atomic E-state index is 14.4. The Labute approximate surface area is 250 Å². The average molecular weight is 576 g/mol. The first-order valence-corrected chi connectivity index (χ1v) is 16.8. The smallest absolute Gasteiger partial charge is 0.410 e. The molecule has 1 aliphatic carbocycles. The molecule has 42 heavy (non-hydrogen) atoms. The van der Waals surface area contributed by atoms with Gasteiger partial charge in [0.15, 0.2) is 5.82 Å². The van der Waals surface area contributed by atoms with E-state index < -0.39 is 5.60 Å². The monoisotopic (exact) mass is 575 g/mol. The average Bonchev–Trinajstić information content (AvgIpc) is 3.57. The molecule has 8 nitrogen and oxygen atoms in total. The minimum Gasteiger partial charge on any atom is -0.444 e. The first-order valence-electron chi connectivity index (χ1n) is 16.8. The zero-order chi connectivity index (χ0) is 29.0. The van der Waals surface area contributed by atoms with Crippen LogP contribution < -0.4 is 10.5 Å². The normalized spacial score (nSPS) is 30.9. The number of nitrogens with zero attached hydrogens (tertiary/aromatic N) is 5. The molecule has 5 fully saturated rings. The molecule has 2 unspecified atom stereocenters. The van der Waals surface area contributed by atoms with Crippen LogP contribution in [0.2, 0.25) is 0 Å². The summed E-state index contributed by atoms with van der Waals surface area (Å²) in [6.45, 7) is 8.61. The number of anilines is 1. The van der Waals surface area contributed by atoms with E-state index in [0.29, 0.717) is 42.8 Å². The summed E-state index contributed by atoms with van der Waals surface area (Å²) in [5, 5.41) is 0. The highest BCUT2D eigenvalue weighted by Gasteiger charge is 2.46. The second kappa shape index (κ2) is 11.1. The standard InChI is InChI=1S/C34H49N5O3/c1-34(2,3)42-33(41)37-21-23-19-36(20-24(23)22-37)31-32(40)39(30-14-10-9-13-29(30)35-31)28-17-26-15-16-27(18-28)38(26)25-11-7-5-4-6-8-12-25/h9-10,13-14,23-28H,4-8,11-12,15-22H2,1-3H3/t23?,24?,26-,27+,28+. The van der Waals surface area contributed by atoms with E-state index in [4.69, 9.17) is 9.72 Å². The van der Waals surface area contributed by atoms with Gasteiger partial charge in [-0.05, 0) is 71.4 Å². The van der Waals surface area contributed by atoms with Crippen molar-refractivity contribution in [3.63, 3.8) is 0 Å². The summed E-state index contributed by atoms with van der Waals surface area (Å²) >= 11 is 0. The molecule has 2 bridgehead atoms. The Morgan fingerprint density at radius 2 is 1.43 bits per heavy atom. The molecule has 5 aliphatic rings. The van der Waals surface area contributed by atoms with E-state index in [2.05, 4.69) is 26.5 Å². The minimum absolute atomic E-state index is 0.0708. The fraction of sp³-hybridized carbons (Fsp3) is 0.735. The molecule has 228 valence electrons. The molecule has 4 aliphatic heterocycles. The predicted molar refractivity (Wildman–Crippen MR) is 166 cm³/mol. The number of likely N-dealkylation sites (tertiary alicyclic amines) is 1. The molecule has 5 atom stereocenters. The first-order chi connectivity index (χ1) is 20.2.